The summed E-state index contributed by atoms with van der Waals surface area (Å²) in [6.07, 6.45) is 2.23. The highest BCUT2D eigenvalue weighted by atomic mass is 32.2. The second-order valence-corrected chi connectivity index (χ2v) is 7.71. The van der Waals surface area contributed by atoms with Gasteiger partial charge in [-0.25, -0.2) is 18.1 Å². The van der Waals surface area contributed by atoms with Crippen LogP contribution in [-0.4, -0.2) is 51.7 Å². The van der Waals surface area contributed by atoms with Crippen molar-refractivity contribution in [2.75, 3.05) is 43.1 Å². The summed E-state index contributed by atoms with van der Waals surface area (Å²) in [6.45, 7) is 1.88. The van der Waals surface area contributed by atoms with E-state index in [0.717, 1.165) is 31.1 Å². The van der Waals surface area contributed by atoms with Crippen molar-refractivity contribution < 1.29 is 13.2 Å². The highest BCUT2D eigenvalue weighted by molar-refractivity contribution is 7.89. The fourth-order valence-electron chi connectivity index (χ4n) is 2.01. The zero-order valence-corrected chi connectivity index (χ0v) is 13.4. The average molecular weight is 333 g/mol. The molecule has 10 heteroatoms. The van der Waals surface area contributed by atoms with Gasteiger partial charge in [0.2, 0.25) is 10.0 Å². The number of anilines is 2. The van der Waals surface area contributed by atoms with Crippen LogP contribution < -0.4 is 20.7 Å². The largest absolute Gasteiger partial charge is 0.382 e. The number of sulfonamides is 1. The average Bonchev–Trinajstić information content (AvgIpc) is 3.07. The summed E-state index contributed by atoms with van der Waals surface area (Å²) >= 11 is 1.24. The first-order valence-electron chi connectivity index (χ1n) is 6.63. The number of carbonyl (C=O) groups excluding carboxylic acids is 1. The van der Waals surface area contributed by atoms with Crippen molar-refractivity contribution in [3.05, 3.63) is 4.88 Å². The quantitative estimate of drug-likeness (QED) is 0.652. The number of hydrogen-bond donors (Lipinski definition) is 3. The van der Waals surface area contributed by atoms with Gasteiger partial charge in [-0.2, -0.15) is 0 Å². The summed E-state index contributed by atoms with van der Waals surface area (Å²) < 4.78 is 24.7. The van der Waals surface area contributed by atoms with Crippen LogP contribution in [-0.2, 0) is 10.0 Å². The van der Waals surface area contributed by atoms with Gasteiger partial charge in [-0.3, -0.25) is 4.79 Å². The van der Waals surface area contributed by atoms with Crippen LogP contribution in [0.2, 0.25) is 0 Å². The predicted molar refractivity (Wildman–Crippen MR) is 83.2 cm³/mol. The number of hydrogen-bond acceptors (Lipinski definition) is 7. The van der Waals surface area contributed by atoms with E-state index in [0.29, 0.717) is 4.88 Å². The Morgan fingerprint density at radius 2 is 2.10 bits per heavy atom. The molecule has 1 fully saturated rings. The Morgan fingerprint density at radius 1 is 1.43 bits per heavy atom. The summed E-state index contributed by atoms with van der Waals surface area (Å²) in [5.74, 6) is -0.370. The van der Waals surface area contributed by atoms with Gasteiger partial charge >= 0.3 is 0 Å². The molecular weight excluding hydrogens is 314 g/mol. The Balaban J connectivity index is 1.96. The number of nitrogens with zero attached hydrogens (tertiary/aromatic N) is 2. The minimum Gasteiger partial charge on any atom is -0.382 e. The molecule has 8 nitrogen and oxygen atoms in total. The number of nitrogen functional groups attached to an aromatic ring is 1. The fourth-order valence-corrected chi connectivity index (χ4v) is 3.54. The highest BCUT2D eigenvalue weighted by Crippen LogP contribution is 2.30. The molecule has 1 amide bonds. The van der Waals surface area contributed by atoms with Crippen molar-refractivity contribution >= 4 is 38.2 Å². The van der Waals surface area contributed by atoms with Crippen LogP contribution in [0.3, 0.4) is 0 Å². The maximum Gasteiger partial charge on any atom is 0.265 e. The third-order valence-corrected chi connectivity index (χ3v) is 5.69. The van der Waals surface area contributed by atoms with Crippen LogP contribution in [0.15, 0.2) is 0 Å². The van der Waals surface area contributed by atoms with Crippen molar-refractivity contribution in [2.24, 2.45) is 0 Å². The minimum absolute atomic E-state index is 0.0262. The summed E-state index contributed by atoms with van der Waals surface area (Å²) in [5.41, 5.74) is 5.77. The third-order valence-electron chi connectivity index (χ3n) is 3.19. The first-order chi connectivity index (χ1) is 9.93. The summed E-state index contributed by atoms with van der Waals surface area (Å²) in [6, 6.07) is 0. The molecular formula is C11H19N5O3S2. The molecule has 0 bridgehead atoms. The number of aromatic nitrogens is 1. The molecule has 4 N–H and O–H groups in total. The van der Waals surface area contributed by atoms with E-state index >= 15 is 0 Å². The van der Waals surface area contributed by atoms with E-state index in [2.05, 4.69) is 19.9 Å². The monoisotopic (exact) mass is 333 g/mol. The number of thiazole rings is 1. The number of amides is 1. The van der Waals surface area contributed by atoms with E-state index in [9.17, 15) is 13.2 Å². The van der Waals surface area contributed by atoms with Crippen LogP contribution in [0.25, 0.3) is 0 Å². The number of nitrogens with one attached hydrogen (secondary N) is 2. The van der Waals surface area contributed by atoms with Gasteiger partial charge in [0, 0.05) is 19.6 Å². The van der Waals surface area contributed by atoms with Gasteiger partial charge < -0.3 is 16.0 Å². The van der Waals surface area contributed by atoms with Gasteiger partial charge in [-0.05, 0) is 19.9 Å². The van der Waals surface area contributed by atoms with Crippen LogP contribution in [0.1, 0.15) is 22.5 Å². The molecule has 0 unspecified atom stereocenters. The van der Waals surface area contributed by atoms with Crippen LogP contribution in [0.5, 0.6) is 0 Å². The van der Waals surface area contributed by atoms with Gasteiger partial charge in [0.25, 0.3) is 5.91 Å². The molecule has 1 saturated heterocycles. The van der Waals surface area contributed by atoms with Crippen molar-refractivity contribution in [3.8, 4) is 0 Å². The molecule has 1 aliphatic rings. The summed E-state index contributed by atoms with van der Waals surface area (Å²) in [4.78, 5) is 18.7. The Labute approximate surface area is 127 Å². The Bertz CT molecular complexity index is 607. The zero-order chi connectivity index (χ0) is 15.5. The first kappa shape index (κ1) is 16.0. The lowest BCUT2D eigenvalue weighted by Gasteiger charge is -2.11. The molecule has 1 aromatic heterocycles. The van der Waals surface area contributed by atoms with Gasteiger partial charge in [0.1, 0.15) is 10.7 Å². The number of rotatable bonds is 6. The summed E-state index contributed by atoms with van der Waals surface area (Å²) in [7, 11) is -2.00. The van der Waals surface area contributed by atoms with Crippen molar-refractivity contribution in [3.63, 3.8) is 0 Å². The molecule has 2 rings (SSSR count). The van der Waals surface area contributed by atoms with E-state index in [1.165, 1.54) is 18.4 Å². The van der Waals surface area contributed by atoms with Crippen molar-refractivity contribution in [1.29, 1.82) is 0 Å². The van der Waals surface area contributed by atoms with E-state index in [-0.39, 0.29) is 24.0 Å². The number of carbonyl (C=O) groups is 1. The zero-order valence-electron chi connectivity index (χ0n) is 11.8. The summed E-state index contributed by atoms with van der Waals surface area (Å²) in [5, 5.41) is 3.30. The molecule has 0 aliphatic carbocycles. The maximum atomic E-state index is 12.0. The van der Waals surface area contributed by atoms with E-state index < -0.39 is 10.0 Å². The first-order valence-corrected chi connectivity index (χ1v) is 9.10. The SMILES string of the molecule is CNS(=O)(=O)CCNC(=O)c1sc(N2CCCC2)nc1N. The molecule has 0 spiro atoms. The molecule has 0 atom stereocenters. The number of nitrogens with two attached hydrogens (primary N) is 1. The Morgan fingerprint density at radius 3 is 2.71 bits per heavy atom. The van der Waals surface area contributed by atoms with Gasteiger partial charge in [-0.15, -0.1) is 0 Å². The predicted octanol–water partition coefficient (Wildman–Crippen LogP) is -0.395. The molecule has 21 heavy (non-hydrogen) atoms. The molecule has 1 aromatic rings. The fraction of sp³-hybridized carbons (Fsp3) is 0.636. The van der Waals surface area contributed by atoms with Crippen molar-refractivity contribution in [1.82, 2.24) is 15.0 Å². The lowest BCUT2D eigenvalue weighted by molar-refractivity contribution is 0.0961. The smallest absolute Gasteiger partial charge is 0.265 e. The van der Waals surface area contributed by atoms with E-state index in [4.69, 9.17) is 5.73 Å². The Kier molecular flexibility index (Phi) is 5.01. The standard InChI is InChI=1S/C11H19N5O3S2/c1-13-21(18,19)7-4-14-10(17)8-9(12)15-11(20-8)16-5-2-3-6-16/h13H,2-7,12H2,1H3,(H,14,17). The van der Waals surface area contributed by atoms with Gasteiger partial charge in [-0.1, -0.05) is 11.3 Å². The Hall–Kier alpha value is -1.39. The molecule has 0 saturated carbocycles. The van der Waals surface area contributed by atoms with E-state index in [1.54, 1.807) is 0 Å². The lowest BCUT2D eigenvalue weighted by Crippen LogP contribution is -2.32. The minimum atomic E-state index is -3.33. The molecule has 2 heterocycles. The molecule has 0 radical (unpaired) electrons. The van der Waals surface area contributed by atoms with Gasteiger partial charge in [0.15, 0.2) is 5.13 Å². The second kappa shape index (κ2) is 6.58. The van der Waals surface area contributed by atoms with Crippen molar-refractivity contribution in [2.45, 2.75) is 12.8 Å². The lowest BCUT2D eigenvalue weighted by atomic mass is 10.4. The van der Waals surface area contributed by atoms with Crippen LogP contribution >= 0.6 is 11.3 Å². The van der Waals surface area contributed by atoms with Gasteiger partial charge in [0.05, 0.1) is 5.75 Å². The van der Waals surface area contributed by atoms with E-state index in [1.807, 2.05) is 0 Å². The molecule has 118 valence electrons. The molecule has 0 aromatic carbocycles. The maximum absolute atomic E-state index is 12.0. The highest BCUT2D eigenvalue weighted by Gasteiger charge is 2.21. The topological polar surface area (TPSA) is 117 Å². The molecule has 1 aliphatic heterocycles. The normalized spacial score (nSPS) is 15.4. The van der Waals surface area contributed by atoms with Crippen LogP contribution in [0.4, 0.5) is 10.9 Å². The second-order valence-electron chi connectivity index (χ2n) is 4.68. The third kappa shape index (κ3) is 4.05. The van der Waals surface area contributed by atoms with Crippen LogP contribution in [0, 0.1) is 0 Å².